The highest BCUT2D eigenvalue weighted by Gasteiger charge is 2.15. The average molecular weight is 337 g/mol. The normalized spacial score (nSPS) is 10.7. The van der Waals surface area contributed by atoms with Gasteiger partial charge in [0, 0.05) is 30.9 Å². The number of nitrogens with zero attached hydrogens (tertiary/aromatic N) is 4. The van der Waals surface area contributed by atoms with Crippen LogP contribution in [0.4, 0.5) is 0 Å². The maximum Gasteiger partial charge on any atom is 0.271 e. The smallest absolute Gasteiger partial charge is 0.271 e. The standard InChI is InChI=1S/C18H19N5O2/c1-12-15(13(2)23(20-12)14-7-5-4-6-8-14)11-19-18(25)16-9-10-17(24)22(3)21-16/h4-10H,11H2,1-3H3,(H,19,25). The highest BCUT2D eigenvalue weighted by atomic mass is 16.2. The van der Waals surface area contributed by atoms with Gasteiger partial charge in [-0.3, -0.25) is 9.59 Å². The fraction of sp³-hybridized carbons (Fsp3) is 0.222. The van der Waals surface area contributed by atoms with Gasteiger partial charge in [0.1, 0.15) is 5.69 Å². The SMILES string of the molecule is Cc1nn(-c2ccccc2)c(C)c1CNC(=O)c1ccc(=O)n(C)n1. The van der Waals surface area contributed by atoms with Gasteiger partial charge in [0.25, 0.3) is 11.5 Å². The Labute approximate surface area is 144 Å². The molecule has 0 saturated heterocycles. The number of carbonyl (C=O) groups is 1. The van der Waals surface area contributed by atoms with Crippen molar-refractivity contribution in [2.75, 3.05) is 0 Å². The summed E-state index contributed by atoms with van der Waals surface area (Å²) in [6.07, 6.45) is 0. The van der Waals surface area contributed by atoms with Gasteiger partial charge in [-0.15, -0.1) is 0 Å². The van der Waals surface area contributed by atoms with Crippen molar-refractivity contribution in [3.63, 3.8) is 0 Å². The molecule has 0 aliphatic rings. The van der Waals surface area contributed by atoms with Crippen LogP contribution in [0.2, 0.25) is 0 Å². The van der Waals surface area contributed by atoms with Gasteiger partial charge in [0.2, 0.25) is 0 Å². The van der Waals surface area contributed by atoms with E-state index in [9.17, 15) is 9.59 Å². The van der Waals surface area contributed by atoms with E-state index in [0.29, 0.717) is 6.54 Å². The molecule has 7 heteroatoms. The lowest BCUT2D eigenvalue weighted by Gasteiger charge is -2.07. The van der Waals surface area contributed by atoms with Crippen LogP contribution in [-0.2, 0) is 13.6 Å². The predicted octanol–water partition coefficient (Wildman–Crippen LogP) is 1.51. The fourth-order valence-electron chi connectivity index (χ4n) is 2.63. The number of aromatic nitrogens is 4. The van der Waals surface area contributed by atoms with E-state index in [2.05, 4.69) is 15.5 Å². The Balaban J connectivity index is 1.79. The summed E-state index contributed by atoms with van der Waals surface area (Å²) in [5.74, 6) is -0.332. The molecule has 0 unspecified atom stereocenters. The number of hydrogen-bond acceptors (Lipinski definition) is 4. The maximum absolute atomic E-state index is 12.3. The van der Waals surface area contributed by atoms with Gasteiger partial charge < -0.3 is 5.32 Å². The Bertz CT molecular complexity index is 973. The molecular weight excluding hydrogens is 318 g/mol. The molecule has 0 atom stereocenters. The first-order valence-electron chi connectivity index (χ1n) is 7.90. The molecule has 7 nitrogen and oxygen atoms in total. The molecule has 0 bridgehead atoms. The molecule has 1 amide bonds. The number of carbonyl (C=O) groups excluding carboxylic acids is 1. The molecule has 0 radical (unpaired) electrons. The van der Waals surface area contributed by atoms with Gasteiger partial charge in [-0.2, -0.15) is 10.2 Å². The van der Waals surface area contributed by atoms with Gasteiger partial charge in [-0.25, -0.2) is 9.36 Å². The van der Waals surface area contributed by atoms with Crippen molar-refractivity contribution >= 4 is 5.91 Å². The van der Waals surface area contributed by atoms with Crippen LogP contribution >= 0.6 is 0 Å². The second-order valence-corrected chi connectivity index (χ2v) is 5.76. The molecule has 1 N–H and O–H groups in total. The lowest BCUT2D eigenvalue weighted by atomic mass is 10.2. The van der Waals surface area contributed by atoms with E-state index >= 15 is 0 Å². The summed E-state index contributed by atoms with van der Waals surface area (Å²) in [4.78, 5) is 23.6. The van der Waals surface area contributed by atoms with Crippen molar-refractivity contribution in [2.24, 2.45) is 7.05 Å². The zero-order chi connectivity index (χ0) is 18.0. The Kier molecular flexibility index (Phi) is 4.47. The topological polar surface area (TPSA) is 81.8 Å². The number of aryl methyl sites for hydroxylation is 2. The van der Waals surface area contributed by atoms with Crippen molar-refractivity contribution in [3.05, 3.63) is 75.5 Å². The second kappa shape index (κ2) is 6.72. The van der Waals surface area contributed by atoms with E-state index in [1.807, 2.05) is 48.9 Å². The third-order valence-corrected chi connectivity index (χ3v) is 4.06. The Morgan fingerprint density at radius 3 is 2.48 bits per heavy atom. The number of benzene rings is 1. The molecule has 2 aromatic heterocycles. The molecule has 128 valence electrons. The van der Waals surface area contributed by atoms with E-state index in [1.54, 1.807) is 0 Å². The van der Waals surface area contributed by atoms with Crippen LogP contribution in [0.5, 0.6) is 0 Å². The monoisotopic (exact) mass is 337 g/mol. The van der Waals surface area contributed by atoms with Gasteiger partial charge in [-0.05, 0) is 32.0 Å². The lowest BCUT2D eigenvalue weighted by Crippen LogP contribution is -2.28. The van der Waals surface area contributed by atoms with Gasteiger partial charge in [0.15, 0.2) is 0 Å². The molecule has 0 saturated carbocycles. The van der Waals surface area contributed by atoms with E-state index in [-0.39, 0.29) is 17.2 Å². The lowest BCUT2D eigenvalue weighted by molar-refractivity contribution is 0.0943. The Morgan fingerprint density at radius 2 is 1.80 bits per heavy atom. The summed E-state index contributed by atoms with van der Waals surface area (Å²) in [5.41, 5.74) is 3.70. The van der Waals surface area contributed by atoms with Crippen LogP contribution in [-0.4, -0.2) is 25.5 Å². The third kappa shape index (κ3) is 3.35. The molecule has 1 aromatic carbocycles. The van der Waals surface area contributed by atoms with Crippen LogP contribution < -0.4 is 10.9 Å². The van der Waals surface area contributed by atoms with E-state index in [1.165, 1.54) is 19.2 Å². The molecule has 2 heterocycles. The minimum Gasteiger partial charge on any atom is -0.346 e. The fourth-order valence-corrected chi connectivity index (χ4v) is 2.63. The molecule has 3 rings (SSSR count). The van der Waals surface area contributed by atoms with Gasteiger partial charge >= 0.3 is 0 Å². The van der Waals surface area contributed by atoms with Gasteiger partial charge in [-0.1, -0.05) is 18.2 Å². The summed E-state index contributed by atoms with van der Waals surface area (Å²) in [5, 5.41) is 11.4. The number of nitrogens with one attached hydrogen (secondary N) is 1. The Morgan fingerprint density at radius 1 is 1.08 bits per heavy atom. The quantitative estimate of drug-likeness (QED) is 0.782. The molecule has 0 spiro atoms. The summed E-state index contributed by atoms with van der Waals surface area (Å²) in [6.45, 7) is 4.23. The minimum atomic E-state index is -0.332. The minimum absolute atomic E-state index is 0.202. The largest absolute Gasteiger partial charge is 0.346 e. The number of amides is 1. The molecule has 25 heavy (non-hydrogen) atoms. The van der Waals surface area contributed by atoms with Crippen LogP contribution in [0, 0.1) is 13.8 Å². The zero-order valence-corrected chi connectivity index (χ0v) is 14.4. The Hall–Kier alpha value is -3.22. The first-order chi connectivity index (χ1) is 12.0. The summed E-state index contributed by atoms with van der Waals surface area (Å²) in [7, 11) is 1.51. The zero-order valence-electron chi connectivity index (χ0n) is 14.4. The highest BCUT2D eigenvalue weighted by Crippen LogP contribution is 2.17. The molecule has 0 aliphatic heterocycles. The molecule has 0 fully saturated rings. The highest BCUT2D eigenvalue weighted by molar-refractivity contribution is 5.91. The number of rotatable bonds is 4. The summed E-state index contributed by atoms with van der Waals surface area (Å²) < 4.78 is 3.00. The first-order valence-corrected chi connectivity index (χ1v) is 7.90. The molecular formula is C18H19N5O2. The number of para-hydroxylation sites is 1. The van der Waals surface area contributed by atoms with Gasteiger partial charge in [0.05, 0.1) is 11.4 Å². The molecule has 0 aliphatic carbocycles. The van der Waals surface area contributed by atoms with E-state index in [0.717, 1.165) is 27.3 Å². The van der Waals surface area contributed by atoms with Crippen molar-refractivity contribution in [2.45, 2.75) is 20.4 Å². The second-order valence-electron chi connectivity index (χ2n) is 5.76. The van der Waals surface area contributed by atoms with Crippen LogP contribution in [0.25, 0.3) is 5.69 Å². The average Bonchev–Trinajstić information content (AvgIpc) is 2.90. The molecule has 3 aromatic rings. The summed E-state index contributed by atoms with van der Waals surface area (Å²) >= 11 is 0. The van der Waals surface area contributed by atoms with Crippen molar-refractivity contribution in [1.29, 1.82) is 0 Å². The van der Waals surface area contributed by atoms with E-state index in [4.69, 9.17) is 0 Å². The first kappa shape index (κ1) is 16.6. The van der Waals surface area contributed by atoms with Crippen LogP contribution in [0.3, 0.4) is 0 Å². The maximum atomic E-state index is 12.3. The summed E-state index contributed by atoms with van der Waals surface area (Å²) in [6, 6.07) is 12.6. The predicted molar refractivity (Wildman–Crippen MR) is 93.7 cm³/mol. The van der Waals surface area contributed by atoms with Crippen molar-refractivity contribution < 1.29 is 4.79 Å². The van der Waals surface area contributed by atoms with Crippen molar-refractivity contribution in [1.82, 2.24) is 24.9 Å². The van der Waals surface area contributed by atoms with Crippen LogP contribution in [0.1, 0.15) is 27.4 Å². The van der Waals surface area contributed by atoms with Crippen LogP contribution in [0.15, 0.2) is 47.3 Å². The van der Waals surface area contributed by atoms with Crippen molar-refractivity contribution in [3.8, 4) is 5.69 Å². The third-order valence-electron chi connectivity index (χ3n) is 4.06. The van der Waals surface area contributed by atoms with E-state index < -0.39 is 0 Å². The number of hydrogen-bond donors (Lipinski definition) is 1.